The van der Waals surface area contributed by atoms with Gasteiger partial charge in [-0.2, -0.15) is 10.5 Å². The summed E-state index contributed by atoms with van der Waals surface area (Å²) in [5, 5.41) is 17.4. The van der Waals surface area contributed by atoms with Crippen molar-refractivity contribution in [1.29, 1.82) is 10.5 Å². The molecule has 2 heterocycles. The zero-order chi connectivity index (χ0) is 13.0. The minimum absolute atomic E-state index is 0.0580. The van der Waals surface area contributed by atoms with Crippen LogP contribution in [0.3, 0.4) is 0 Å². The lowest BCUT2D eigenvalue weighted by molar-refractivity contribution is 0.439. The molecule has 1 aromatic rings. The van der Waals surface area contributed by atoms with Gasteiger partial charge in [0.15, 0.2) is 5.88 Å². The second-order valence-corrected chi connectivity index (χ2v) is 4.50. The molecule has 1 saturated heterocycles. The minimum Gasteiger partial charge on any atom is -0.441 e. The van der Waals surface area contributed by atoms with Crippen molar-refractivity contribution in [3.8, 4) is 12.1 Å². The second-order valence-electron chi connectivity index (χ2n) is 4.50. The molecule has 1 atom stereocenters. The number of piperidine rings is 1. The summed E-state index contributed by atoms with van der Waals surface area (Å²) in [6.45, 7) is 3.19. The molecule has 18 heavy (non-hydrogen) atoms. The first kappa shape index (κ1) is 12.3. The Kier molecular flexibility index (Phi) is 3.69. The van der Waals surface area contributed by atoms with Crippen LogP contribution in [0.5, 0.6) is 0 Å². The highest BCUT2D eigenvalue weighted by Crippen LogP contribution is 2.27. The van der Waals surface area contributed by atoms with Crippen molar-refractivity contribution in [2.45, 2.75) is 32.2 Å². The Morgan fingerprint density at radius 2 is 2.17 bits per heavy atom. The van der Waals surface area contributed by atoms with Gasteiger partial charge in [0.25, 0.3) is 0 Å². The van der Waals surface area contributed by atoms with Gasteiger partial charge in [-0.05, 0) is 32.3 Å². The lowest BCUT2D eigenvalue weighted by Gasteiger charge is -2.33. The molecule has 2 rings (SSSR count). The Hall–Kier alpha value is -2.20. The predicted octanol–water partition coefficient (Wildman–Crippen LogP) is 3.09. The summed E-state index contributed by atoms with van der Waals surface area (Å²) in [7, 11) is 0. The quantitative estimate of drug-likeness (QED) is 0.746. The number of hydrogen-bond acceptors (Lipinski definition) is 4. The zero-order valence-electron chi connectivity index (χ0n) is 10.4. The van der Waals surface area contributed by atoms with Gasteiger partial charge in [0.05, 0.1) is 0 Å². The SMILES string of the molecule is C[C@@H]1CCCCN1c1ccc(C=C(C#N)C#N)o1. The van der Waals surface area contributed by atoms with Crippen LogP contribution in [0.2, 0.25) is 0 Å². The molecule has 0 spiro atoms. The van der Waals surface area contributed by atoms with E-state index in [-0.39, 0.29) is 5.57 Å². The number of hydrogen-bond donors (Lipinski definition) is 0. The van der Waals surface area contributed by atoms with E-state index in [1.807, 2.05) is 18.2 Å². The minimum atomic E-state index is 0.0580. The first-order valence-electron chi connectivity index (χ1n) is 6.13. The molecule has 0 amide bonds. The highest BCUT2D eigenvalue weighted by molar-refractivity contribution is 5.60. The molecule has 1 aliphatic rings. The molecule has 0 N–H and O–H groups in total. The smallest absolute Gasteiger partial charge is 0.196 e. The Balaban J connectivity index is 2.18. The maximum Gasteiger partial charge on any atom is 0.196 e. The molecular weight excluding hydrogens is 226 g/mol. The van der Waals surface area contributed by atoms with Crippen molar-refractivity contribution in [2.24, 2.45) is 0 Å². The lowest BCUT2D eigenvalue weighted by Crippen LogP contribution is -2.37. The van der Waals surface area contributed by atoms with E-state index in [2.05, 4.69) is 11.8 Å². The summed E-state index contributed by atoms with van der Waals surface area (Å²) in [6, 6.07) is 7.83. The van der Waals surface area contributed by atoms with Crippen molar-refractivity contribution in [1.82, 2.24) is 0 Å². The molecule has 1 aromatic heterocycles. The summed E-state index contributed by atoms with van der Waals surface area (Å²) in [4.78, 5) is 2.24. The summed E-state index contributed by atoms with van der Waals surface area (Å²) in [6.07, 6.45) is 5.08. The number of nitrogens with zero attached hydrogens (tertiary/aromatic N) is 3. The van der Waals surface area contributed by atoms with Crippen LogP contribution in [0.25, 0.3) is 6.08 Å². The van der Waals surface area contributed by atoms with E-state index in [0.717, 1.165) is 12.4 Å². The summed E-state index contributed by atoms with van der Waals surface area (Å²) in [5.41, 5.74) is 0.0580. The van der Waals surface area contributed by atoms with Crippen molar-refractivity contribution in [3.63, 3.8) is 0 Å². The molecule has 4 heteroatoms. The fourth-order valence-corrected chi connectivity index (χ4v) is 2.23. The number of allylic oxidation sites excluding steroid dienone is 1. The molecule has 92 valence electrons. The van der Waals surface area contributed by atoms with Crippen LogP contribution < -0.4 is 4.90 Å². The van der Waals surface area contributed by atoms with Gasteiger partial charge in [0.2, 0.25) is 0 Å². The van der Waals surface area contributed by atoms with Crippen molar-refractivity contribution >= 4 is 12.0 Å². The average molecular weight is 241 g/mol. The molecule has 0 radical (unpaired) electrons. The van der Waals surface area contributed by atoms with E-state index in [1.54, 1.807) is 6.07 Å². The Labute approximate surface area is 107 Å². The maximum absolute atomic E-state index is 8.69. The summed E-state index contributed by atoms with van der Waals surface area (Å²) >= 11 is 0. The van der Waals surface area contributed by atoms with Gasteiger partial charge in [0.1, 0.15) is 23.5 Å². The predicted molar refractivity (Wildman–Crippen MR) is 68.6 cm³/mol. The number of anilines is 1. The van der Waals surface area contributed by atoms with Gasteiger partial charge >= 0.3 is 0 Å². The van der Waals surface area contributed by atoms with Gasteiger partial charge in [-0.3, -0.25) is 0 Å². The van der Waals surface area contributed by atoms with E-state index >= 15 is 0 Å². The molecule has 0 saturated carbocycles. The zero-order valence-corrected chi connectivity index (χ0v) is 10.4. The molecular formula is C14H15N3O. The fraction of sp³-hybridized carbons (Fsp3) is 0.429. The van der Waals surface area contributed by atoms with Crippen LogP contribution in [0.1, 0.15) is 31.9 Å². The standard InChI is InChI=1S/C14H15N3O/c1-11-4-2-3-7-17(11)14-6-5-13(18-14)8-12(9-15)10-16/h5-6,8,11H,2-4,7H2,1H3/t11-/m1/s1. The Morgan fingerprint density at radius 1 is 1.39 bits per heavy atom. The molecule has 0 aromatic carbocycles. The van der Waals surface area contributed by atoms with E-state index in [4.69, 9.17) is 14.9 Å². The van der Waals surface area contributed by atoms with E-state index in [9.17, 15) is 0 Å². The molecule has 1 fully saturated rings. The summed E-state index contributed by atoms with van der Waals surface area (Å²) < 4.78 is 5.68. The van der Waals surface area contributed by atoms with Crippen LogP contribution in [0, 0.1) is 22.7 Å². The summed E-state index contributed by atoms with van der Waals surface area (Å²) in [5.74, 6) is 1.38. The second kappa shape index (κ2) is 5.42. The van der Waals surface area contributed by atoms with Gasteiger partial charge in [-0.15, -0.1) is 0 Å². The average Bonchev–Trinajstić information content (AvgIpc) is 2.85. The first-order valence-corrected chi connectivity index (χ1v) is 6.13. The molecule has 1 aliphatic heterocycles. The highest BCUT2D eigenvalue weighted by Gasteiger charge is 2.20. The van der Waals surface area contributed by atoms with E-state index in [0.29, 0.717) is 11.8 Å². The highest BCUT2D eigenvalue weighted by atomic mass is 16.4. The van der Waals surface area contributed by atoms with Crippen LogP contribution in [0.4, 0.5) is 5.88 Å². The third kappa shape index (κ3) is 2.55. The fourth-order valence-electron chi connectivity index (χ4n) is 2.23. The maximum atomic E-state index is 8.69. The normalized spacial score (nSPS) is 18.8. The largest absolute Gasteiger partial charge is 0.441 e. The van der Waals surface area contributed by atoms with Gasteiger partial charge in [-0.1, -0.05) is 0 Å². The third-order valence-corrected chi connectivity index (χ3v) is 3.23. The van der Waals surface area contributed by atoms with E-state index < -0.39 is 0 Å². The first-order chi connectivity index (χ1) is 8.74. The Morgan fingerprint density at radius 3 is 2.83 bits per heavy atom. The number of furan rings is 1. The third-order valence-electron chi connectivity index (χ3n) is 3.23. The van der Waals surface area contributed by atoms with Gasteiger partial charge in [-0.25, -0.2) is 0 Å². The Bertz CT molecular complexity index is 514. The van der Waals surface area contributed by atoms with Gasteiger partial charge < -0.3 is 9.32 Å². The number of rotatable bonds is 2. The van der Waals surface area contributed by atoms with Crippen LogP contribution >= 0.6 is 0 Å². The molecule has 4 nitrogen and oxygen atoms in total. The monoisotopic (exact) mass is 241 g/mol. The van der Waals surface area contributed by atoms with Crippen LogP contribution in [0.15, 0.2) is 22.1 Å². The molecule has 0 unspecified atom stereocenters. The van der Waals surface area contributed by atoms with Gasteiger partial charge in [0, 0.05) is 24.7 Å². The molecule has 0 aliphatic carbocycles. The van der Waals surface area contributed by atoms with E-state index in [1.165, 1.54) is 25.3 Å². The molecule has 0 bridgehead atoms. The van der Waals surface area contributed by atoms with Crippen LogP contribution in [-0.2, 0) is 0 Å². The van der Waals surface area contributed by atoms with Crippen LogP contribution in [-0.4, -0.2) is 12.6 Å². The van der Waals surface area contributed by atoms with Crippen molar-refractivity contribution in [2.75, 3.05) is 11.4 Å². The van der Waals surface area contributed by atoms with Crippen molar-refractivity contribution < 1.29 is 4.42 Å². The lowest BCUT2D eigenvalue weighted by atomic mass is 10.0. The topological polar surface area (TPSA) is 64.0 Å². The number of nitriles is 2. The van der Waals surface area contributed by atoms with Crippen molar-refractivity contribution in [3.05, 3.63) is 23.5 Å².